The summed E-state index contributed by atoms with van der Waals surface area (Å²) < 4.78 is 5.59. The van der Waals surface area contributed by atoms with Crippen molar-refractivity contribution in [2.24, 2.45) is 0 Å². The number of piperidine rings is 1. The minimum atomic E-state index is 0.590. The number of rotatable bonds is 1. The lowest BCUT2D eigenvalue weighted by Gasteiger charge is -2.17. The SMILES string of the molecule is Cc1ccc([C@@H]2CCCC[NH2+]2)o1. The van der Waals surface area contributed by atoms with Gasteiger partial charge in [-0.05, 0) is 31.9 Å². The van der Waals surface area contributed by atoms with Gasteiger partial charge in [-0.1, -0.05) is 0 Å². The molecule has 2 nitrogen and oxygen atoms in total. The van der Waals surface area contributed by atoms with E-state index in [1.807, 2.05) is 6.92 Å². The van der Waals surface area contributed by atoms with E-state index in [2.05, 4.69) is 17.4 Å². The van der Waals surface area contributed by atoms with Crippen molar-refractivity contribution in [2.45, 2.75) is 32.2 Å². The molecular formula is C10H16NO+. The zero-order valence-corrected chi connectivity index (χ0v) is 7.55. The van der Waals surface area contributed by atoms with E-state index in [0.717, 1.165) is 11.5 Å². The first-order valence-corrected chi connectivity index (χ1v) is 4.76. The molecule has 12 heavy (non-hydrogen) atoms. The monoisotopic (exact) mass is 166 g/mol. The van der Waals surface area contributed by atoms with Crippen LogP contribution in [0.4, 0.5) is 0 Å². The first kappa shape index (κ1) is 7.87. The van der Waals surface area contributed by atoms with Crippen molar-refractivity contribution in [1.82, 2.24) is 0 Å². The van der Waals surface area contributed by atoms with E-state index >= 15 is 0 Å². The van der Waals surface area contributed by atoms with Gasteiger partial charge in [0.15, 0.2) is 5.76 Å². The Hall–Kier alpha value is -0.760. The molecule has 0 spiro atoms. The number of nitrogens with two attached hydrogens (primary N) is 1. The molecule has 0 aliphatic carbocycles. The van der Waals surface area contributed by atoms with Crippen LogP contribution < -0.4 is 5.32 Å². The Kier molecular flexibility index (Phi) is 2.17. The summed E-state index contributed by atoms with van der Waals surface area (Å²) in [6.07, 6.45) is 3.98. The third-order valence-corrected chi connectivity index (χ3v) is 2.55. The summed E-state index contributed by atoms with van der Waals surface area (Å²) in [5.41, 5.74) is 0. The van der Waals surface area contributed by atoms with Crippen LogP contribution in [-0.4, -0.2) is 6.54 Å². The summed E-state index contributed by atoms with van der Waals surface area (Å²) in [6.45, 7) is 3.26. The van der Waals surface area contributed by atoms with Gasteiger partial charge in [0.05, 0.1) is 6.54 Å². The Balaban J connectivity index is 2.08. The van der Waals surface area contributed by atoms with Crippen LogP contribution in [-0.2, 0) is 0 Å². The molecule has 0 saturated carbocycles. The minimum Gasteiger partial charge on any atom is -0.460 e. The third kappa shape index (κ3) is 1.53. The summed E-state index contributed by atoms with van der Waals surface area (Å²) in [6, 6.07) is 4.76. The molecular weight excluding hydrogens is 150 g/mol. The van der Waals surface area contributed by atoms with Crippen molar-refractivity contribution in [3.05, 3.63) is 23.7 Å². The molecule has 2 N–H and O–H groups in total. The van der Waals surface area contributed by atoms with Gasteiger partial charge in [-0.15, -0.1) is 0 Å². The van der Waals surface area contributed by atoms with Gasteiger partial charge >= 0.3 is 0 Å². The molecule has 0 amide bonds. The van der Waals surface area contributed by atoms with Crippen molar-refractivity contribution in [3.8, 4) is 0 Å². The van der Waals surface area contributed by atoms with Crippen LogP contribution in [0.2, 0.25) is 0 Å². The Morgan fingerprint density at radius 2 is 2.33 bits per heavy atom. The molecule has 1 aliphatic heterocycles. The highest BCUT2D eigenvalue weighted by atomic mass is 16.3. The molecule has 1 saturated heterocycles. The van der Waals surface area contributed by atoms with Crippen LogP contribution >= 0.6 is 0 Å². The van der Waals surface area contributed by atoms with E-state index in [1.54, 1.807) is 0 Å². The largest absolute Gasteiger partial charge is 0.460 e. The molecule has 1 fully saturated rings. The first-order valence-electron chi connectivity index (χ1n) is 4.76. The average molecular weight is 166 g/mol. The highest BCUT2D eigenvalue weighted by molar-refractivity contribution is 5.07. The summed E-state index contributed by atoms with van der Waals surface area (Å²) in [4.78, 5) is 0. The normalized spacial score (nSPS) is 24.2. The van der Waals surface area contributed by atoms with Gasteiger partial charge in [0.25, 0.3) is 0 Å². The standard InChI is InChI=1S/C10H15NO/c1-8-5-6-10(12-8)9-4-2-3-7-11-9/h5-6,9,11H,2-4,7H2,1H3/p+1/t9-/m0/s1. The van der Waals surface area contributed by atoms with Crippen molar-refractivity contribution >= 4 is 0 Å². The number of furan rings is 1. The van der Waals surface area contributed by atoms with Gasteiger partial charge < -0.3 is 9.73 Å². The Labute approximate surface area is 73.0 Å². The molecule has 1 atom stereocenters. The second kappa shape index (κ2) is 3.31. The summed E-state index contributed by atoms with van der Waals surface area (Å²) in [5.74, 6) is 2.19. The summed E-state index contributed by atoms with van der Waals surface area (Å²) in [5, 5.41) is 2.39. The summed E-state index contributed by atoms with van der Waals surface area (Å²) >= 11 is 0. The highest BCUT2D eigenvalue weighted by Gasteiger charge is 2.20. The zero-order valence-electron chi connectivity index (χ0n) is 7.55. The maximum absolute atomic E-state index is 5.59. The van der Waals surface area contributed by atoms with Crippen molar-refractivity contribution in [1.29, 1.82) is 0 Å². The van der Waals surface area contributed by atoms with Gasteiger partial charge in [-0.2, -0.15) is 0 Å². The maximum Gasteiger partial charge on any atom is 0.161 e. The number of hydrogen-bond acceptors (Lipinski definition) is 1. The van der Waals surface area contributed by atoms with Gasteiger partial charge in [0, 0.05) is 6.42 Å². The third-order valence-electron chi connectivity index (χ3n) is 2.55. The maximum atomic E-state index is 5.59. The Bertz CT molecular complexity index is 248. The lowest BCUT2D eigenvalue weighted by atomic mass is 10.0. The molecule has 0 unspecified atom stereocenters. The van der Waals surface area contributed by atoms with E-state index in [0.29, 0.717) is 6.04 Å². The average Bonchev–Trinajstić information content (AvgIpc) is 2.54. The second-order valence-electron chi connectivity index (χ2n) is 3.58. The van der Waals surface area contributed by atoms with Gasteiger partial charge in [0.2, 0.25) is 0 Å². The Morgan fingerprint density at radius 3 is 2.92 bits per heavy atom. The molecule has 2 rings (SSSR count). The molecule has 66 valence electrons. The molecule has 1 aliphatic rings. The fourth-order valence-electron chi connectivity index (χ4n) is 1.86. The molecule has 2 heteroatoms. The molecule has 1 aromatic rings. The predicted octanol–water partition coefficient (Wildman–Crippen LogP) is 1.38. The van der Waals surface area contributed by atoms with E-state index in [-0.39, 0.29) is 0 Å². The molecule has 0 aromatic carbocycles. The second-order valence-corrected chi connectivity index (χ2v) is 3.58. The lowest BCUT2D eigenvalue weighted by molar-refractivity contribution is -0.706. The molecule has 2 heterocycles. The van der Waals surface area contributed by atoms with E-state index in [9.17, 15) is 0 Å². The van der Waals surface area contributed by atoms with Crippen LogP contribution in [0.1, 0.15) is 36.8 Å². The highest BCUT2D eigenvalue weighted by Crippen LogP contribution is 2.19. The summed E-state index contributed by atoms with van der Waals surface area (Å²) in [7, 11) is 0. The van der Waals surface area contributed by atoms with Crippen LogP contribution in [0.25, 0.3) is 0 Å². The van der Waals surface area contributed by atoms with E-state index < -0.39 is 0 Å². The zero-order chi connectivity index (χ0) is 8.39. The molecule has 0 radical (unpaired) electrons. The van der Waals surface area contributed by atoms with Crippen molar-refractivity contribution < 1.29 is 9.73 Å². The molecule has 1 aromatic heterocycles. The number of quaternary nitrogens is 1. The van der Waals surface area contributed by atoms with Gasteiger partial charge in [-0.25, -0.2) is 0 Å². The fourth-order valence-corrected chi connectivity index (χ4v) is 1.86. The van der Waals surface area contributed by atoms with Crippen LogP contribution in [0.5, 0.6) is 0 Å². The quantitative estimate of drug-likeness (QED) is 0.671. The Morgan fingerprint density at radius 1 is 1.42 bits per heavy atom. The number of aryl methyl sites for hydroxylation is 1. The number of hydrogen-bond donors (Lipinski definition) is 1. The minimum absolute atomic E-state index is 0.590. The van der Waals surface area contributed by atoms with Crippen molar-refractivity contribution in [3.63, 3.8) is 0 Å². The first-order chi connectivity index (χ1) is 5.86. The van der Waals surface area contributed by atoms with Crippen molar-refractivity contribution in [2.75, 3.05) is 6.54 Å². The van der Waals surface area contributed by atoms with Gasteiger partial charge in [-0.3, -0.25) is 0 Å². The molecule has 0 bridgehead atoms. The fraction of sp³-hybridized carbons (Fsp3) is 0.600. The van der Waals surface area contributed by atoms with Crippen LogP contribution in [0.15, 0.2) is 16.5 Å². The van der Waals surface area contributed by atoms with Gasteiger partial charge in [0.1, 0.15) is 11.8 Å². The smallest absolute Gasteiger partial charge is 0.161 e. The van der Waals surface area contributed by atoms with Crippen LogP contribution in [0.3, 0.4) is 0 Å². The topological polar surface area (TPSA) is 29.8 Å². The van der Waals surface area contributed by atoms with E-state index in [1.165, 1.54) is 25.8 Å². The van der Waals surface area contributed by atoms with Crippen LogP contribution in [0, 0.1) is 6.92 Å². The lowest BCUT2D eigenvalue weighted by Crippen LogP contribution is -2.86. The predicted molar refractivity (Wildman–Crippen MR) is 46.8 cm³/mol. The van der Waals surface area contributed by atoms with E-state index in [4.69, 9.17) is 4.42 Å².